The molecule has 0 aliphatic rings. The minimum Gasteiger partial charge on any atom is -0.496 e. The number of anilines is 1. The lowest BCUT2D eigenvalue weighted by atomic mass is 10.2. The van der Waals surface area contributed by atoms with Gasteiger partial charge in [-0.15, -0.1) is 0 Å². The summed E-state index contributed by atoms with van der Waals surface area (Å²) in [6, 6.07) is 13.8. The monoisotopic (exact) mass is 302 g/mol. The first kappa shape index (κ1) is 15.8. The minimum atomic E-state index is -0.465. The van der Waals surface area contributed by atoms with E-state index in [0.717, 1.165) is 5.69 Å². The Bertz CT molecular complexity index is 632. The second-order valence-electron chi connectivity index (χ2n) is 4.86. The average molecular weight is 302 g/mol. The molecule has 0 bridgehead atoms. The molecule has 0 aromatic heterocycles. The van der Waals surface area contributed by atoms with E-state index in [1.54, 1.807) is 0 Å². The number of methoxy groups -OCH3 is 1. The van der Waals surface area contributed by atoms with Gasteiger partial charge in [0.05, 0.1) is 12.7 Å². The fourth-order valence-corrected chi connectivity index (χ4v) is 2.10. The highest BCUT2D eigenvalue weighted by Crippen LogP contribution is 2.19. The van der Waals surface area contributed by atoms with Crippen LogP contribution in [0.15, 0.2) is 48.5 Å². The Hall–Kier alpha value is -2.56. The largest absolute Gasteiger partial charge is 0.496 e. The number of halogens is 1. The number of carbonyl (C=O) groups excluding carboxylic acids is 1. The quantitative estimate of drug-likeness (QED) is 0.892. The minimum absolute atomic E-state index is 0.199. The van der Waals surface area contributed by atoms with Crippen LogP contribution in [0, 0.1) is 5.82 Å². The molecule has 2 aromatic rings. The lowest BCUT2D eigenvalue weighted by molar-refractivity contribution is 0.0951. The van der Waals surface area contributed by atoms with Crippen LogP contribution in [0.5, 0.6) is 5.75 Å². The molecule has 1 amide bonds. The van der Waals surface area contributed by atoms with Gasteiger partial charge in [-0.1, -0.05) is 18.2 Å². The molecule has 0 aliphatic heterocycles. The summed E-state index contributed by atoms with van der Waals surface area (Å²) in [7, 11) is 3.40. The molecule has 116 valence electrons. The van der Waals surface area contributed by atoms with Gasteiger partial charge < -0.3 is 15.0 Å². The van der Waals surface area contributed by atoms with Crippen LogP contribution in [0.25, 0.3) is 0 Å². The number of rotatable bonds is 6. The molecule has 0 saturated carbocycles. The predicted molar refractivity (Wildman–Crippen MR) is 85.0 cm³/mol. The third kappa shape index (κ3) is 3.97. The van der Waals surface area contributed by atoms with E-state index in [0.29, 0.717) is 18.8 Å². The van der Waals surface area contributed by atoms with E-state index >= 15 is 0 Å². The van der Waals surface area contributed by atoms with Crippen molar-refractivity contribution in [3.8, 4) is 5.75 Å². The lowest BCUT2D eigenvalue weighted by Gasteiger charge is -2.19. The normalized spacial score (nSPS) is 10.1. The zero-order valence-corrected chi connectivity index (χ0v) is 12.7. The third-order valence-corrected chi connectivity index (χ3v) is 3.34. The van der Waals surface area contributed by atoms with Crippen molar-refractivity contribution >= 4 is 11.6 Å². The molecule has 0 aliphatic carbocycles. The van der Waals surface area contributed by atoms with Gasteiger partial charge in [0.2, 0.25) is 0 Å². The summed E-state index contributed by atoms with van der Waals surface area (Å²) in [5.41, 5.74) is 1.27. The number of amides is 1. The Labute approximate surface area is 129 Å². The Kier molecular flexibility index (Phi) is 5.36. The summed E-state index contributed by atoms with van der Waals surface area (Å²) in [5.74, 6) is -0.458. The van der Waals surface area contributed by atoms with Crippen LogP contribution in [0.3, 0.4) is 0 Å². The molecule has 0 saturated heterocycles. The molecule has 2 rings (SSSR count). The maximum atomic E-state index is 13.3. The number of benzene rings is 2. The van der Waals surface area contributed by atoms with E-state index in [1.165, 1.54) is 25.3 Å². The van der Waals surface area contributed by atoms with Crippen LogP contribution in [-0.2, 0) is 0 Å². The molecule has 2 aromatic carbocycles. The summed E-state index contributed by atoms with van der Waals surface area (Å²) < 4.78 is 18.4. The van der Waals surface area contributed by atoms with Crippen LogP contribution >= 0.6 is 0 Å². The topological polar surface area (TPSA) is 41.6 Å². The summed E-state index contributed by atoms with van der Waals surface area (Å²) >= 11 is 0. The zero-order chi connectivity index (χ0) is 15.9. The Morgan fingerprint density at radius 2 is 1.95 bits per heavy atom. The van der Waals surface area contributed by atoms with E-state index in [9.17, 15) is 9.18 Å². The van der Waals surface area contributed by atoms with Gasteiger partial charge in [-0.05, 0) is 30.3 Å². The first-order valence-corrected chi connectivity index (χ1v) is 6.99. The highest BCUT2D eigenvalue weighted by atomic mass is 19.1. The number of hydrogen-bond donors (Lipinski definition) is 1. The van der Waals surface area contributed by atoms with Crippen LogP contribution in [0.4, 0.5) is 10.1 Å². The number of para-hydroxylation sites is 1. The van der Waals surface area contributed by atoms with E-state index in [2.05, 4.69) is 5.32 Å². The molecule has 0 unspecified atom stereocenters. The van der Waals surface area contributed by atoms with Crippen molar-refractivity contribution < 1.29 is 13.9 Å². The van der Waals surface area contributed by atoms with Gasteiger partial charge >= 0.3 is 0 Å². The molecule has 22 heavy (non-hydrogen) atoms. The zero-order valence-electron chi connectivity index (χ0n) is 12.7. The molecule has 0 fully saturated rings. The number of carbonyl (C=O) groups is 1. The number of hydrogen-bond acceptors (Lipinski definition) is 3. The van der Waals surface area contributed by atoms with Gasteiger partial charge in [-0.2, -0.15) is 0 Å². The Balaban J connectivity index is 1.92. The van der Waals surface area contributed by atoms with Crippen molar-refractivity contribution in [2.24, 2.45) is 0 Å². The molecule has 5 heteroatoms. The van der Waals surface area contributed by atoms with E-state index in [-0.39, 0.29) is 11.5 Å². The SMILES string of the molecule is COc1ccc(F)cc1C(=O)NCCN(C)c1ccccc1. The van der Waals surface area contributed by atoms with Crippen molar-refractivity contribution in [1.82, 2.24) is 5.32 Å². The first-order chi connectivity index (χ1) is 10.6. The first-order valence-electron chi connectivity index (χ1n) is 6.99. The molecular formula is C17H19FN2O2. The van der Waals surface area contributed by atoms with E-state index in [1.807, 2.05) is 42.3 Å². The van der Waals surface area contributed by atoms with Gasteiger partial charge in [-0.25, -0.2) is 4.39 Å². The van der Waals surface area contributed by atoms with Gasteiger partial charge in [0.15, 0.2) is 0 Å². The molecule has 0 radical (unpaired) electrons. The molecule has 1 N–H and O–H groups in total. The van der Waals surface area contributed by atoms with E-state index < -0.39 is 5.82 Å². The van der Waals surface area contributed by atoms with Gasteiger partial charge in [0.1, 0.15) is 11.6 Å². The van der Waals surface area contributed by atoms with Crippen LogP contribution in [0.2, 0.25) is 0 Å². The fraction of sp³-hybridized carbons (Fsp3) is 0.235. The standard InChI is InChI=1S/C17H19FN2O2/c1-20(14-6-4-3-5-7-14)11-10-19-17(21)15-12-13(18)8-9-16(15)22-2/h3-9,12H,10-11H2,1-2H3,(H,19,21). The summed E-state index contributed by atoms with van der Waals surface area (Å²) in [6.45, 7) is 1.09. The summed E-state index contributed by atoms with van der Waals surface area (Å²) in [4.78, 5) is 14.1. The maximum absolute atomic E-state index is 13.3. The molecule has 0 heterocycles. The smallest absolute Gasteiger partial charge is 0.255 e. The van der Waals surface area contributed by atoms with Gasteiger partial charge in [-0.3, -0.25) is 4.79 Å². The number of nitrogens with one attached hydrogen (secondary N) is 1. The molecule has 0 spiro atoms. The van der Waals surface area contributed by atoms with Gasteiger partial charge in [0, 0.05) is 25.8 Å². The highest BCUT2D eigenvalue weighted by molar-refractivity contribution is 5.96. The fourth-order valence-electron chi connectivity index (χ4n) is 2.10. The molecule has 0 atom stereocenters. The average Bonchev–Trinajstić information content (AvgIpc) is 2.55. The second-order valence-corrected chi connectivity index (χ2v) is 4.86. The van der Waals surface area contributed by atoms with E-state index in [4.69, 9.17) is 4.74 Å². The van der Waals surface area contributed by atoms with Crippen molar-refractivity contribution in [2.75, 3.05) is 32.1 Å². The molecule has 4 nitrogen and oxygen atoms in total. The van der Waals surface area contributed by atoms with Crippen molar-refractivity contribution in [3.05, 3.63) is 59.9 Å². The van der Waals surface area contributed by atoms with Crippen LogP contribution in [-0.4, -0.2) is 33.2 Å². The Morgan fingerprint density at radius 1 is 1.23 bits per heavy atom. The second kappa shape index (κ2) is 7.45. The summed E-state index contributed by atoms with van der Waals surface area (Å²) in [6.07, 6.45) is 0. The number of nitrogens with zero attached hydrogens (tertiary/aromatic N) is 1. The van der Waals surface area contributed by atoms with Crippen molar-refractivity contribution in [1.29, 1.82) is 0 Å². The van der Waals surface area contributed by atoms with Gasteiger partial charge in [0.25, 0.3) is 5.91 Å². The third-order valence-electron chi connectivity index (χ3n) is 3.34. The van der Waals surface area contributed by atoms with Crippen LogP contribution < -0.4 is 15.0 Å². The van der Waals surface area contributed by atoms with Crippen molar-refractivity contribution in [2.45, 2.75) is 0 Å². The number of likely N-dealkylation sites (N-methyl/N-ethyl adjacent to an activating group) is 1. The Morgan fingerprint density at radius 3 is 2.64 bits per heavy atom. The maximum Gasteiger partial charge on any atom is 0.255 e. The van der Waals surface area contributed by atoms with Crippen molar-refractivity contribution in [3.63, 3.8) is 0 Å². The van der Waals surface area contributed by atoms with Crippen LogP contribution in [0.1, 0.15) is 10.4 Å². The lowest BCUT2D eigenvalue weighted by Crippen LogP contribution is -2.33. The number of ether oxygens (including phenoxy) is 1. The molecular weight excluding hydrogens is 283 g/mol. The summed E-state index contributed by atoms with van der Waals surface area (Å²) in [5, 5.41) is 2.77. The predicted octanol–water partition coefficient (Wildman–Crippen LogP) is 2.70. The highest BCUT2D eigenvalue weighted by Gasteiger charge is 2.13.